The van der Waals surface area contributed by atoms with Crippen LogP contribution in [0.3, 0.4) is 0 Å². The summed E-state index contributed by atoms with van der Waals surface area (Å²) in [4.78, 5) is 34.9. The summed E-state index contributed by atoms with van der Waals surface area (Å²) >= 11 is 0. The van der Waals surface area contributed by atoms with Crippen LogP contribution in [0.25, 0.3) is 0 Å². The molecule has 1 heterocycles. The zero-order valence-corrected chi connectivity index (χ0v) is 19.9. The minimum absolute atomic E-state index is 0.0500. The van der Waals surface area contributed by atoms with Crippen molar-refractivity contribution in [2.24, 2.45) is 22.7 Å². The van der Waals surface area contributed by atoms with Gasteiger partial charge < -0.3 is 19.3 Å². The number of ether oxygens (including phenoxy) is 3. The molecule has 7 heteroatoms. The van der Waals surface area contributed by atoms with Gasteiger partial charge in [-0.15, -0.1) is 0 Å². The zero-order chi connectivity index (χ0) is 24.2. The van der Waals surface area contributed by atoms with Gasteiger partial charge in [-0.3, -0.25) is 9.59 Å². The van der Waals surface area contributed by atoms with Crippen LogP contribution in [0.5, 0.6) is 0 Å². The van der Waals surface area contributed by atoms with Crippen LogP contribution >= 0.6 is 0 Å². The predicted molar refractivity (Wildman–Crippen MR) is 122 cm³/mol. The lowest BCUT2D eigenvalue weighted by Crippen LogP contribution is -2.58. The first kappa shape index (κ1) is 25.2. The van der Waals surface area contributed by atoms with Crippen LogP contribution < -0.4 is 0 Å². The van der Waals surface area contributed by atoms with Crippen LogP contribution in [0, 0.1) is 22.7 Å². The Labute approximate surface area is 195 Å². The second kappa shape index (κ2) is 10.2. The molecule has 182 valence electrons. The fourth-order valence-corrected chi connectivity index (χ4v) is 6.29. The summed E-state index contributed by atoms with van der Waals surface area (Å²) in [7, 11) is 0. The van der Waals surface area contributed by atoms with Gasteiger partial charge in [-0.25, -0.2) is 4.79 Å². The van der Waals surface area contributed by atoms with Crippen molar-refractivity contribution < 1.29 is 33.7 Å². The monoisotopic (exact) mass is 460 g/mol. The van der Waals surface area contributed by atoms with Gasteiger partial charge in [0.2, 0.25) is 0 Å². The molecule has 0 amide bonds. The Bertz CT molecular complexity index is 857. The summed E-state index contributed by atoms with van der Waals surface area (Å²) in [6.45, 7) is 11.6. The highest BCUT2D eigenvalue weighted by Crippen LogP contribution is 2.62. The van der Waals surface area contributed by atoms with Crippen molar-refractivity contribution in [2.45, 2.75) is 71.8 Å². The first-order valence-corrected chi connectivity index (χ1v) is 11.9. The Hall–Kier alpha value is -2.41. The van der Waals surface area contributed by atoms with Crippen molar-refractivity contribution in [2.75, 3.05) is 13.2 Å². The van der Waals surface area contributed by atoms with Crippen LogP contribution in [0.2, 0.25) is 0 Å². The van der Waals surface area contributed by atoms with E-state index < -0.39 is 17.4 Å². The molecule has 0 aromatic heterocycles. The van der Waals surface area contributed by atoms with Gasteiger partial charge in [-0.1, -0.05) is 32.1 Å². The number of rotatable bonds is 9. The molecule has 1 N–H and O–H groups in total. The van der Waals surface area contributed by atoms with E-state index in [2.05, 4.69) is 20.4 Å². The number of hydrogen-bond acceptors (Lipinski definition) is 6. The number of esters is 2. The predicted octanol–water partition coefficient (Wildman–Crippen LogP) is 4.58. The van der Waals surface area contributed by atoms with E-state index in [1.807, 2.05) is 13.0 Å². The summed E-state index contributed by atoms with van der Waals surface area (Å²) in [6.07, 6.45) is 8.94. The lowest BCUT2D eigenvalue weighted by molar-refractivity contribution is -0.185. The van der Waals surface area contributed by atoms with E-state index >= 15 is 0 Å². The number of carbonyl (C=O) groups is 3. The smallest absolute Gasteiger partial charge is 0.342 e. The fraction of sp³-hybridized carbons (Fsp3) is 0.654. The Balaban J connectivity index is 1.83. The molecule has 3 rings (SSSR count). The average Bonchev–Trinajstić information content (AvgIpc) is 3.17. The highest BCUT2D eigenvalue weighted by molar-refractivity contribution is 5.94. The molecule has 2 fully saturated rings. The van der Waals surface area contributed by atoms with Gasteiger partial charge in [0, 0.05) is 12.0 Å². The number of aliphatic carboxylic acids is 1. The molecule has 2 aliphatic carbocycles. The molecule has 1 aliphatic heterocycles. The Morgan fingerprint density at radius 1 is 1.30 bits per heavy atom. The second-order valence-corrected chi connectivity index (χ2v) is 9.95. The minimum Gasteiger partial charge on any atom is -0.481 e. The Morgan fingerprint density at radius 2 is 2.06 bits per heavy atom. The summed E-state index contributed by atoms with van der Waals surface area (Å²) in [5, 5.41) is 8.86. The Kier molecular flexibility index (Phi) is 7.83. The first-order chi connectivity index (χ1) is 15.6. The molecule has 0 aromatic rings. The second-order valence-electron chi connectivity index (χ2n) is 9.95. The maximum Gasteiger partial charge on any atom is 0.342 e. The fourth-order valence-electron chi connectivity index (χ4n) is 6.29. The van der Waals surface area contributed by atoms with Crippen LogP contribution in [0.4, 0.5) is 0 Å². The van der Waals surface area contributed by atoms with Crippen molar-refractivity contribution in [3.8, 4) is 0 Å². The van der Waals surface area contributed by atoms with Crippen molar-refractivity contribution in [3.63, 3.8) is 0 Å². The summed E-state index contributed by atoms with van der Waals surface area (Å²) < 4.78 is 16.7. The zero-order valence-electron chi connectivity index (χ0n) is 19.9. The average molecular weight is 461 g/mol. The molecule has 7 nitrogen and oxygen atoms in total. The number of fused-ring (bicyclic) bond motifs is 1. The van der Waals surface area contributed by atoms with Crippen molar-refractivity contribution in [3.05, 3.63) is 36.1 Å². The molecule has 0 aromatic carbocycles. The molecule has 0 saturated heterocycles. The van der Waals surface area contributed by atoms with Crippen LogP contribution in [-0.2, 0) is 28.6 Å². The number of cyclic esters (lactones) is 1. The molecular formula is C26H36O7. The van der Waals surface area contributed by atoms with Crippen molar-refractivity contribution in [1.29, 1.82) is 0 Å². The maximum atomic E-state index is 12.2. The van der Waals surface area contributed by atoms with E-state index in [4.69, 9.17) is 19.3 Å². The van der Waals surface area contributed by atoms with Gasteiger partial charge in [0.1, 0.15) is 0 Å². The normalized spacial score (nSPS) is 34.8. The van der Waals surface area contributed by atoms with Crippen LogP contribution in [0.1, 0.15) is 65.7 Å². The van der Waals surface area contributed by atoms with E-state index in [0.717, 1.165) is 25.7 Å². The molecule has 0 spiro atoms. The summed E-state index contributed by atoms with van der Waals surface area (Å²) in [5.41, 5.74) is 1.28. The van der Waals surface area contributed by atoms with Gasteiger partial charge in [-0.2, -0.15) is 0 Å². The molecule has 33 heavy (non-hydrogen) atoms. The Morgan fingerprint density at radius 3 is 2.70 bits per heavy atom. The maximum absolute atomic E-state index is 12.2. The standard InChI is InChI=1S/C26H36O7/c1-5-31-21-12-14-25(3)19(8-7-18-13-15-32-24(18)30)17(2)6-9-20(25)26(21,4)16-33-23(29)11-10-22(27)28/h7,13,15,19-21H,2,5-6,8-12,14,16H2,1,3-4H3,(H,27,28)/b18-7+/t19?,20?,21-,25+,26+/m1/s1. The SMILES string of the molecule is C=C1CCC2[C@@](C)(CC[C@@H](OCC)[C@@]2(C)COC(=O)CCC(=O)O)C1C/C=C1\C=COC1=O. The third-order valence-electron chi connectivity index (χ3n) is 8.00. The van der Waals surface area contributed by atoms with Gasteiger partial charge in [-0.05, 0) is 62.4 Å². The molecule has 2 saturated carbocycles. The third-order valence-corrected chi connectivity index (χ3v) is 8.00. The van der Waals surface area contributed by atoms with E-state index in [1.54, 1.807) is 6.08 Å². The number of hydrogen-bond donors (Lipinski definition) is 1. The van der Waals surface area contributed by atoms with Gasteiger partial charge >= 0.3 is 17.9 Å². The van der Waals surface area contributed by atoms with Gasteiger partial charge in [0.05, 0.1) is 37.4 Å². The lowest BCUT2D eigenvalue weighted by Gasteiger charge is -2.60. The number of carboxylic acid groups (broad SMARTS) is 1. The molecule has 3 aliphatic rings. The third kappa shape index (κ3) is 5.24. The van der Waals surface area contributed by atoms with Gasteiger partial charge in [0.25, 0.3) is 0 Å². The van der Waals surface area contributed by atoms with Crippen LogP contribution in [-0.4, -0.2) is 42.3 Å². The van der Waals surface area contributed by atoms with Gasteiger partial charge in [0.15, 0.2) is 0 Å². The molecule has 0 radical (unpaired) electrons. The molecule has 5 atom stereocenters. The molecular weight excluding hydrogens is 424 g/mol. The molecule has 2 unspecified atom stereocenters. The highest BCUT2D eigenvalue weighted by Gasteiger charge is 2.58. The number of carbonyl (C=O) groups excluding carboxylic acids is 2. The van der Waals surface area contributed by atoms with E-state index in [9.17, 15) is 14.4 Å². The largest absolute Gasteiger partial charge is 0.481 e. The summed E-state index contributed by atoms with van der Waals surface area (Å²) in [5.74, 6) is -1.41. The highest BCUT2D eigenvalue weighted by atomic mass is 16.5. The number of allylic oxidation sites excluding steroid dienone is 2. The van der Waals surface area contributed by atoms with Crippen molar-refractivity contribution in [1.82, 2.24) is 0 Å². The van der Waals surface area contributed by atoms with Crippen LogP contribution in [0.15, 0.2) is 36.1 Å². The lowest BCUT2D eigenvalue weighted by atomic mass is 9.46. The minimum atomic E-state index is -1.01. The van der Waals surface area contributed by atoms with E-state index in [-0.39, 0.29) is 48.8 Å². The first-order valence-electron chi connectivity index (χ1n) is 11.9. The topological polar surface area (TPSA) is 99.1 Å². The molecule has 0 bridgehead atoms. The quantitative estimate of drug-likeness (QED) is 0.305. The van der Waals surface area contributed by atoms with E-state index in [1.165, 1.54) is 11.8 Å². The summed E-state index contributed by atoms with van der Waals surface area (Å²) in [6, 6.07) is 0. The number of carboxylic acids is 1. The van der Waals surface area contributed by atoms with Crippen molar-refractivity contribution >= 4 is 17.9 Å². The van der Waals surface area contributed by atoms with E-state index in [0.29, 0.717) is 18.6 Å².